The number of nitrogens with zero attached hydrogens (tertiary/aromatic N) is 2. The van der Waals surface area contributed by atoms with Gasteiger partial charge in [-0.15, -0.1) is 11.3 Å². The molecule has 0 aliphatic carbocycles. The maximum Gasteiger partial charge on any atom is 0.194 e. The van der Waals surface area contributed by atoms with Gasteiger partial charge in [0.2, 0.25) is 0 Å². The number of aliphatic hydroxyl groups is 1. The van der Waals surface area contributed by atoms with Crippen LogP contribution in [-0.2, 0) is 6.42 Å². The van der Waals surface area contributed by atoms with Gasteiger partial charge in [-0.1, -0.05) is 42.5 Å². The SMILES string of the molecule is Cc1ccc(-c2ccc(-c3cn4c(CCO)csc4n3)cc2)cc1C. The molecule has 0 atom stereocenters. The highest BCUT2D eigenvalue weighted by atomic mass is 32.1. The molecule has 126 valence electrons. The third-order valence-corrected chi connectivity index (χ3v) is 5.56. The Kier molecular flexibility index (Phi) is 4.15. The Balaban J connectivity index is 1.66. The molecule has 4 heteroatoms. The maximum absolute atomic E-state index is 9.17. The number of hydrogen-bond acceptors (Lipinski definition) is 3. The van der Waals surface area contributed by atoms with Crippen molar-refractivity contribution in [3.8, 4) is 22.4 Å². The minimum atomic E-state index is 0.157. The van der Waals surface area contributed by atoms with Gasteiger partial charge in [0.25, 0.3) is 0 Å². The molecule has 4 aromatic rings. The predicted molar refractivity (Wildman–Crippen MR) is 104 cm³/mol. The first-order valence-corrected chi connectivity index (χ1v) is 9.28. The molecule has 0 saturated carbocycles. The Morgan fingerprint density at radius 3 is 2.40 bits per heavy atom. The quantitative estimate of drug-likeness (QED) is 0.571. The summed E-state index contributed by atoms with van der Waals surface area (Å²) in [6, 6.07) is 15.1. The van der Waals surface area contributed by atoms with Crippen LogP contribution in [-0.4, -0.2) is 21.1 Å². The molecule has 0 amide bonds. The van der Waals surface area contributed by atoms with E-state index < -0.39 is 0 Å². The molecule has 25 heavy (non-hydrogen) atoms. The summed E-state index contributed by atoms with van der Waals surface area (Å²) in [7, 11) is 0. The second-order valence-electron chi connectivity index (χ2n) is 6.36. The van der Waals surface area contributed by atoms with Gasteiger partial charge in [0.1, 0.15) is 0 Å². The van der Waals surface area contributed by atoms with Crippen molar-refractivity contribution in [1.29, 1.82) is 0 Å². The average Bonchev–Trinajstić information content (AvgIpc) is 3.20. The van der Waals surface area contributed by atoms with Gasteiger partial charge in [-0.2, -0.15) is 0 Å². The van der Waals surface area contributed by atoms with E-state index in [9.17, 15) is 0 Å². The summed E-state index contributed by atoms with van der Waals surface area (Å²) in [6.07, 6.45) is 2.71. The molecule has 0 radical (unpaired) electrons. The summed E-state index contributed by atoms with van der Waals surface area (Å²) in [6.45, 7) is 4.44. The third-order valence-electron chi connectivity index (χ3n) is 4.67. The number of aromatic nitrogens is 2. The van der Waals surface area contributed by atoms with Crippen LogP contribution in [0.4, 0.5) is 0 Å². The van der Waals surface area contributed by atoms with Crippen molar-refractivity contribution in [1.82, 2.24) is 9.38 Å². The largest absolute Gasteiger partial charge is 0.396 e. The lowest BCUT2D eigenvalue weighted by Gasteiger charge is -2.06. The number of imidazole rings is 1. The van der Waals surface area contributed by atoms with Gasteiger partial charge in [-0.05, 0) is 36.1 Å². The third kappa shape index (κ3) is 2.99. The molecule has 1 N–H and O–H groups in total. The van der Waals surface area contributed by atoms with E-state index in [1.165, 1.54) is 22.3 Å². The second-order valence-corrected chi connectivity index (χ2v) is 7.19. The van der Waals surface area contributed by atoms with E-state index in [0.29, 0.717) is 6.42 Å². The van der Waals surface area contributed by atoms with Gasteiger partial charge >= 0.3 is 0 Å². The predicted octanol–water partition coefficient (Wildman–Crippen LogP) is 4.88. The zero-order chi connectivity index (χ0) is 17.4. The van der Waals surface area contributed by atoms with Crippen LogP contribution in [0.3, 0.4) is 0 Å². The fourth-order valence-corrected chi connectivity index (χ4v) is 3.92. The van der Waals surface area contributed by atoms with Crippen LogP contribution in [0.2, 0.25) is 0 Å². The molecule has 0 unspecified atom stereocenters. The minimum Gasteiger partial charge on any atom is -0.396 e. The first-order chi connectivity index (χ1) is 12.2. The van der Waals surface area contributed by atoms with Crippen molar-refractivity contribution in [2.24, 2.45) is 0 Å². The van der Waals surface area contributed by atoms with Crippen molar-refractivity contribution in [2.75, 3.05) is 6.61 Å². The lowest BCUT2D eigenvalue weighted by atomic mass is 9.99. The number of thiazole rings is 1. The zero-order valence-corrected chi connectivity index (χ0v) is 15.2. The van der Waals surface area contributed by atoms with E-state index in [1.54, 1.807) is 11.3 Å². The van der Waals surface area contributed by atoms with Crippen molar-refractivity contribution in [3.63, 3.8) is 0 Å². The Hall–Kier alpha value is -2.43. The summed E-state index contributed by atoms with van der Waals surface area (Å²) >= 11 is 1.61. The molecule has 0 bridgehead atoms. The molecule has 0 spiro atoms. The Morgan fingerprint density at radius 1 is 0.960 bits per heavy atom. The second kappa shape index (κ2) is 6.47. The summed E-state index contributed by atoms with van der Waals surface area (Å²) in [5.74, 6) is 0. The number of hydrogen-bond donors (Lipinski definition) is 1. The highest BCUT2D eigenvalue weighted by Crippen LogP contribution is 2.27. The van der Waals surface area contributed by atoms with Crippen LogP contribution in [0.15, 0.2) is 54.0 Å². The van der Waals surface area contributed by atoms with E-state index in [1.807, 2.05) is 0 Å². The van der Waals surface area contributed by atoms with Gasteiger partial charge in [0.05, 0.1) is 5.69 Å². The van der Waals surface area contributed by atoms with E-state index in [2.05, 4.69) is 72.3 Å². The topological polar surface area (TPSA) is 37.5 Å². The molecule has 3 nitrogen and oxygen atoms in total. The van der Waals surface area contributed by atoms with Crippen LogP contribution in [0.1, 0.15) is 16.8 Å². The smallest absolute Gasteiger partial charge is 0.194 e. The molecular formula is C21H20N2OS. The van der Waals surface area contributed by atoms with Crippen molar-refractivity contribution >= 4 is 16.3 Å². The molecule has 4 rings (SSSR count). The van der Waals surface area contributed by atoms with E-state index in [4.69, 9.17) is 10.1 Å². The van der Waals surface area contributed by atoms with Crippen molar-refractivity contribution in [3.05, 3.63) is 70.9 Å². The summed E-state index contributed by atoms with van der Waals surface area (Å²) in [4.78, 5) is 5.68. The maximum atomic E-state index is 9.17. The van der Waals surface area contributed by atoms with E-state index in [0.717, 1.165) is 21.9 Å². The Labute approximate surface area is 151 Å². The first-order valence-electron chi connectivity index (χ1n) is 8.40. The van der Waals surface area contributed by atoms with E-state index in [-0.39, 0.29) is 6.61 Å². The Morgan fingerprint density at radius 2 is 1.68 bits per heavy atom. The number of aliphatic hydroxyl groups excluding tert-OH is 1. The zero-order valence-electron chi connectivity index (χ0n) is 14.4. The number of benzene rings is 2. The van der Waals surface area contributed by atoms with Gasteiger partial charge < -0.3 is 5.11 Å². The van der Waals surface area contributed by atoms with Crippen LogP contribution >= 0.6 is 11.3 Å². The average molecular weight is 348 g/mol. The van der Waals surface area contributed by atoms with Crippen LogP contribution in [0.5, 0.6) is 0 Å². The highest BCUT2D eigenvalue weighted by molar-refractivity contribution is 7.15. The highest BCUT2D eigenvalue weighted by Gasteiger charge is 2.09. The Bertz CT molecular complexity index is 1030. The molecule has 0 saturated heterocycles. The molecule has 0 aliphatic rings. The van der Waals surface area contributed by atoms with Crippen LogP contribution in [0.25, 0.3) is 27.3 Å². The summed E-state index contributed by atoms with van der Waals surface area (Å²) in [5, 5.41) is 11.2. The van der Waals surface area contributed by atoms with Gasteiger partial charge in [0, 0.05) is 35.9 Å². The normalized spacial score (nSPS) is 11.3. The number of fused-ring (bicyclic) bond motifs is 1. The summed E-state index contributed by atoms with van der Waals surface area (Å²) in [5.41, 5.74) is 8.27. The lowest BCUT2D eigenvalue weighted by molar-refractivity contribution is 0.298. The molecule has 2 aromatic heterocycles. The molecule has 0 aliphatic heterocycles. The number of aryl methyl sites for hydroxylation is 2. The lowest BCUT2D eigenvalue weighted by Crippen LogP contribution is -1.93. The minimum absolute atomic E-state index is 0.157. The van der Waals surface area contributed by atoms with E-state index >= 15 is 0 Å². The van der Waals surface area contributed by atoms with Crippen molar-refractivity contribution < 1.29 is 5.11 Å². The fourth-order valence-electron chi connectivity index (χ4n) is 3.02. The first kappa shape index (κ1) is 16.1. The van der Waals surface area contributed by atoms with Gasteiger partial charge in [-0.3, -0.25) is 4.40 Å². The van der Waals surface area contributed by atoms with Crippen LogP contribution in [0, 0.1) is 13.8 Å². The van der Waals surface area contributed by atoms with Crippen LogP contribution < -0.4 is 0 Å². The molecule has 2 aromatic carbocycles. The molecule has 2 heterocycles. The summed E-state index contributed by atoms with van der Waals surface area (Å²) < 4.78 is 2.08. The van der Waals surface area contributed by atoms with Gasteiger partial charge in [-0.25, -0.2) is 4.98 Å². The molecular weight excluding hydrogens is 328 g/mol. The fraction of sp³-hybridized carbons (Fsp3) is 0.190. The molecule has 0 fully saturated rings. The monoisotopic (exact) mass is 348 g/mol. The van der Waals surface area contributed by atoms with Gasteiger partial charge in [0.15, 0.2) is 4.96 Å². The number of rotatable bonds is 4. The standard InChI is InChI=1S/C21H20N2OS/c1-14-3-4-18(11-15(14)2)16-5-7-17(8-6-16)20-12-23-19(9-10-24)13-25-21(23)22-20/h3-8,11-13,24H,9-10H2,1-2H3. The van der Waals surface area contributed by atoms with Crippen molar-refractivity contribution in [2.45, 2.75) is 20.3 Å².